The largest absolute Gasteiger partial charge is 0.323 e. The molecule has 0 fully saturated rings. The summed E-state index contributed by atoms with van der Waals surface area (Å²) in [7, 11) is 1.95. The summed E-state index contributed by atoms with van der Waals surface area (Å²) in [6.45, 7) is 4.24. The zero-order valence-corrected chi connectivity index (χ0v) is 11.8. The third kappa shape index (κ3) is 2.76. The molecule has 2 N–H and O–H groups in total. The van der Waals surface area contributed by atoms with Crippen LogP contribution < -0.4 is 5.73 Å². The van der Waals surface area contributed by atoms with Crippen molar-refractivity contribution in [1.82, 2.24) is 19.4 Å². The molecule has 0 spiro atoms. The van der Waals surface area contributed by atoms with E-state index < -0.39 is 0 Å². The molecule has 0 radical (unpaired) electrons. The van der Waals surface area contributed by atoms with Crippen molar-refractivity contribution >= 4 is 11.5 Å². The van der Waals surface area contributed by atoms with Crippen molar-refractivity contribution in [3.63, 3.8) is 0 Å². The first kappa shape index (κ1) is 13.2. The minimum absolute atomic E-state index is 0.0114. The van der Waals surface area contributed by atoms with E-state index >= 15 is 0 Å². The molecule has 0 bridgehead atoms. The number of aryl methyl sites for hydroxylation is 2. The van der Waals surface area contributed by atoms with Crippen molar-refractivity contribution in [2.24, 2.45) is 12.8 Å². The fraction of sp³-hybridized carbons (Fsp3) is 0.583. The summed E-state index contributed by atoms with van der Waals surface area (Å²) in [6, 6.07) is 2.04. The molecular formula is C12H19N5S. The quantitative estimate of drug-likeness (QED) is 0.898. The molecule has 98 valence electrons. The number of nitrogens with two attached hydrogens (primary N) is 1. The first-order chi connectivity index (χ1) is 8.59. The van der Waals surface area contributed by atoms with E-state index in [-0.39, 0.29) is 6.04 Å². The van der Waals surface area contributed by atoms with Crippen LogP contribution in [-0.4, -0.2) is 19.4 Å². The molecule has 2 aromatic rings. The van der Waals surface area contributed by atoms with Crippen LogP contribution in [0.25, 0.3) is 0 Å². The van der Waals surface area contributed by atoms with Gasteiger partial charge in [0.15, 0.2) is 0 Å². The van der Waals surface area contributed by atoms with Gasteiger partial charge in [0, 0.05) is 25.0 Å². The van der Waals surface area contributed by atoms with E-state index in [4.69, 9.17) is 5.73 Å². The van der Waals surface area contributed by atoms with Gasteiger partial charge in [-0.15, -0.1) is 5.10 Å². The normalized spacial score (nSPS) is 13.2. The van der Waals surface area contributed by atoms with Gasteiger partial charge in [0.1, 0.15) is 0 Å². The van der Waals surface area contributed by atoms with E-state index in [0.29, 0.717) is 5.92 Å². The lowest BCUT2D eigenvalue weighted by Crippen LogP contribution is -2.13. The van der Waals surface area contributed by atoms with Gasteiger partial charge < -0.3 is 5.73 Å². The summed E-state index contributed by atoms with van der Waals surface area (Å²) in [5.41, 5.74) is 8.49. The van der Waals surface area contributed by atoms with Crippen molar-refractivity contribution in [3.8, 4) is 0 Å². The predicted octanol–water partition coefficient (Wildman–Crippen LogP) is 2.03. The third-order valence-electron chi connectivity index (χ3n) is 3.06. The highest BCUT2D eigenvalue weighted by molar-refractivity contribution is 7.05. The number of aromatic nitrogens is 4. The molecule has 1 unspecified atom stereocenters. The fourth-order valence-electron chi connectivity index (χ4n) is 1.94. The second kappa shape index (κ2) is 5.58. The Bertz CT molecular complexity index is 502. The van der Waals surface area contributed by atoms with Gasteiger partial charge in [0.25, 0.3) is 0 Å². The molecular weight excluding hydrogens is 246 g/mol. The molecule has 0 aliphatic heterocycles. The van der Waals surface area contributed by atoms with Crippen LogP contribution in [0.3, 0.4) is 0 Å². The molecule has 2 heterocycles. The molecule has 0 saturated carbocycles. The second-order valence-electron chi connectivity index (χ2n) is 4.77. The zero-order chi connectivity index (χ0) is 13.1. The van der Waals surface area contributed by atoms with Crippen molar-refractivity contribution in [2.75, 3.05) is 0 Å². The summed E-state index contributed by atoms with van der Waals surface area (Å²) in [5.74, 6) is 0.376. The molecule has 5 nitrogen and oxygen atoms in total. The standard InChI is InChI=1S/C12H19N5S/c1-8(2)11-12(18-16-15-11)10(13)5-4-9-6-7-14-17(9)3/h6-8,10H,4-5,13H2,1-3H3. The minimum atomic E-state index is 0.0114. The topological polar surface area (TPSA) is 69.6 Å². The molecule has 0 aliphatic rings. The van der Waals surface area contributed by atoms with Crippen LogP contribution in [0.4, 0.5) is 0 Å². The Morgan fingerprint density at radius 2 is 2.22 bits per heavy atom. The molecule has 6 heteroatoms. The maximum absolute atomic E-state index is 6.25. The second-order valence-corrected chi connectivity index (χ2v) is 5.55. The van der Waals surface area contributed by atoms with Crippen LogP contribution in [0, 0.1) is 0 Å². The molecule has 1 atom stereocenters. The summed E-state index contributed by atoms with van der Waals surface area (Å²) in [5, 5.41) is 8.33. The maximum atomic E-state index is 6.25. The van der Waals surface area contributed by atoms with E-state index in [1.54, 1.807) is 0 Å². The van der Waals surface area contributed by atoms with Crippen LogP contribution in [0.5, 0.6) is 0 Å². The average molecular weight is 265 g/mol. The number of hydrogen-bond acceptors (Lipinski definition) is 5. The Morgan fingerprint density at radius 1 is 1.44 bits per heavy atom. The van der Waals surface area contributed by atoms with Crippen molar-refractivity contribution in [1.29, 1.82) is 0 Å². The van der Waals surface area contributed by atoms with Crippen LogP contribution in [0.2, 0.25) is 0 Å². The highest BCUT2D eigenvalue weighted by atomic mass is 32.1. The Hall–Kier alpha value is -1.27. The Morgan fingerprint density at radius 3 is 2.83 bits per heavy atom. The lowest BCUT2D eigenvalue weighted by Gasteiger charge is -2.12. The van der Waals surface area contributed by atoms with Crippen LogP contribution in [-0.2, 0) is 13.5 Å². The van der Waals surface area contributed by atoms with E-state index in [2.05, 4.69) is 28.5 Å². The van der Waals surface area contributed by atoms with Crippen molar-refractivity contribution in [2.45, 2.75) is 38.6 Å². The molecule has 0 saturated heterocycles. The summed E-state index contributed by atoms with van der Waals surface area (Å²) in [6.07, 6.45) is 3.63. The van der Waals surface area contributed by atoms with E-state index in [1.165, 1.54) is 17.2 Å². The van der Waals surface area contributed by atoms with Gasteiger partial charge in [-0.25, -0.2) is 0 Å². The Kier molecular flexibility index (Phi) is 4.08. The van der Waals surface area contributed by atoms with E-state index in [0.717, 1.165) is 23.4 Å². The van der Waals surface area contributed by atoms with Gasteiger partial charge in [0.2, 0.25) is 0 Å². The summed E-state index contributed by atoms with van der Waals surface area (Å²) in [4.78, 5) is 1.12. The van der Waals surface area contributed by atoms with Crippen LogP contribution >= 0.6 is 11.5 Å². The highest BCUT2D eigenvalue weighted by Crippen LogP contribution is 2.27. The summed E-state index contributed by atoms with van der Waals surface area (Å²) < 4.78 is 5.91. The number of nitrogens with zero attached hydrogens (tertiary/aromatic N) is 4. The highest BCUT2D eigenvalue weighted by Gasteiger charge is 2.18. The van der Waals surface area contributed by atoms with Gasteiger partial charge in [-0.05, 0) is 36.4 Å². The fourth-order valence-corrected chi connectivity index (χ4v) is 2.78. The van der Waals surface area contributed by atoms with Gasteiger partial charge >= 0.3 is 0 Å². The molecule has 2 rings (SSSR count). The van der Waals surface area contributed by atoms with Gasteiger partial charge in [-0.1, -0.05) is 18.3 Å². The monoisotopic (exact) mass is 265 g/mol. The Labute approximate surface area is 111 Å². The van der Waals surface area contributed by atoms with Crippen molar-refractivity contribution < 1.29 is 0 Å². The van der Waals surface area contributed by atoms with Crippen LogP contribution in [0.15, 0.2) is 12.3 Å². The molecule has 18 heavy (non-hydrogen) atoms. The first-order valence-corrected chi connectivity index (χ1v) is 6.91. The lowest BCUT2D eigenvalue weighted by atomic mass is 10.0. The average Bonchev–Trinajstić information content (AvgIpc) is 2.94. The predicted molar refractivity (Wildman–Crippen MR) is 72.5 cm³/mol. The SMILES string of the molecule is CC(C)c1nnsc1C(N)CCc1ccnn1C. The summed E-state index contributed by atoms with van der Waals surface area (Å²) >= 11 is 1.42. The number of rotatable bonds is 5. The van der Waals surface area contributed by atoms with Gasteiger partial charge in [-0.2, -0.15) is 5.10 Å². The molecule has 2 aromatic heterocycles. The molecule has 0 aromatic carbocycles. The Balaban J connectivity index is 2.01. The smallest absolute Gasteiger partial charge is 0.0828 e. The minimum Gasteiger partial charge on any atom is -0.323 e. The molecule has 0 aliphatic carbocycles. The van der Waals surface area contributed by atoms with E-state index in [1.807, 2.05) is 24.0 Å². The number of hydrogen-bond donors (Lipinski definition) is 1. The zero-order valence-electron chi connectivity index (χ0n) is 11.0. The van der Waals surface area contributed by atoms with Gasteiger partial charge in [-0.3, -0.25) is 4.68 Å². The third-order valence-corrected chi connectivity index (χ3v) is 3.93. The van der Waals surface area contributed by atoms with E-state index in [9.17, 15) is 0 Å². The van der Waals surface area contributed by atoms with Crippen molar-refractivity contribution in [3.05, 3.63) is 28.5 Å². The lowest BCUT2D eigenvalue weighted by molar-refractivity contribution is 0.611. The van der Waals surface area contributed by atoms with Gasteiger partial charge in [0.05, 0.1) is 10.6 Å². The molecule has 0 amide bonds. The maximum Gasteiger partial charge on any atom is 0.0828 e. The first-order valence-electron chi connectivity index (χ1n) is 6.14. The van der Waals surface area contributed by atoms with Crippen LogP contribution in [0.1, 0.15) is 48.5 Å².